The molecule has 0 unspecified atom stereocenters. The summed E-state index contributed by atoms with van der Waals surface area (Å²) in [5.41, 5.74) is 0. The minimum absolute atomic E-state index is 0. The fraction of sp³-hybridized carbons (Fsp3) is 0.895. The van der Waals surface area contributed by atoms with Gasteiger partial charge in [0.2, 0.25) is 0 Å². The van der Waals surface area contributed by atoms with Crippen LogP contribution in [0.5, 0.6) is 0 Å². The smallest absolute Gasteiger partial charge is 1.00 e. The average Bonchev–Trinajstić information content (AvgIpc) is 2.93. The molecule has 0 nitrogen and oxygen atoms in total. The van der Waals surface area contributed by atoms with Crippen LogP contribution in [0.4, 0.5) is 0 Å². The molecule has 21 heavy (non-hydrogen) atoms. The third-order valence-corrected chi connectivity index (χ3v) is 4.69. The maximum atomic E-state index is 2.34. The van der Waals surface area contributed by atoms with Crippen LogP contribution in [0.3, 0.4) is 0 Å². The van der Waals surface area contributed by atoms with Crippen molar-refractivity contribution in [1.29, 1.82) is 0 Å². The molecule has 0 aliphatic heterocycles. The number of hydrogen-bond donors (Lipinski definition) is 0. The predicted molar refractivity (Wildman–Crippen MR) is 107 cm³/mol. The first kappa shape index (κ1) is 34.0. The summed E-state index contributed by atoms with van der Waals surface area (Å²) in [6.45, 7) is 9.37. The zero-order valence-corrected chi connectivity index (χ0v) is 18.2. The maximum Gasteiger partial charge on any atom is 2.00 e. The molecule has 0 amide bonds. The molecule has 0 radical (unpaired) electrons. The van der Waals surface area contributed by atoms with Crippen molar-refractivity contribution in [2.75, 3.05) is 0 Å². The average molecular weight is 321 g/mol. The summed E-state index contributed by atoms with van der Waals surface area (Å²) < 4.78 is 0. The van der Waals surface area contributed by atoms with E-state index >= 15 is 0 Å². The van der Waals surface area contributed by atoms with Crippen LogP contribution in [-0.2, 0) is 0 Å². The third-order valence-electron chi connectivity index (χ3n) is 4.69. The molecule has 2 fully saturated rings. The van der Waals surface area contributed by atoms with E-state index in [-0.39, 0.29) is 71.2 Å². The molecule has 0 N–H and O–H groups in total. The van der Waals surface area contributed by atoms with Gasteiger partial charge >= 0.3 is 46.1 Å². The summed E-state index contributed by atoms with van der Waals surface area (Å²) in [7, 11) is 0. The molecule has 0 heterocycles. The molecule has 124 valence electrons. The monoisotopic (exact) mass is 320 g/mol. The molecule has 0 aromatic heterocycles. The van der Waals surface area contributed by atoms with Gasteiger partial charge < -0.3 is 17.7 Å². The number of rotatable bonds is 2. The van der Waals surface area contributed by atoms with E-state index in [1.807, 2.05) is 0 Å². The van der Waals surface area contributed by atoms with Crippen molar-refractivity contribution in [3.63, 3.8) is 0 Å². The minimum Gasteiger partial charge on any atom is -1.00 e. The Morgan fingerprint density at radius 1 is 0.619 bits per heavy atom. The minimum atomic E-state index is 0. The summed E-state index contributed by atoms with van der Waals surface area (Å²) in [6, 6.07) is 0. The third kappa shape index (κ3) is 14.8. The standard InChI is InChI=1S/2C8H16.CH4.2CH3.2Mg.2H/c2*1-7(2)8-5-3-4-6-8;;;;;;;/h2*7-8H,3-6H2,1-2H3;1H4;2*1H3;;;;/q;;;2*-1;2*+2;2*-1. The molecule has 2 rings (SSSR count). The van der Waals surface area contributed by atoms with Crippen molar-refractivity contribution in [2.45, 2.75) is 86.5 Å². The van der Waals surface area contributed by atoms with Gasteiger partial charge in [-0.1, -0.05) is 86.5 Å². The molecule has 0 aromatic carbocycles. The summed E-state index contributed by atoms with van der Waals surface area (Å²) in [4.78, 5) is 0. The molecule has 0 saturated heterocycles. The van der Waals surface area contributed by atoms with E-state index in [1.54, 1.807) is 0 Å². The molecular formula is C19H44Mg2. The summed E-state index contributed by atoms with van der Waals surface area (Å²) >= 11 is 0. The molecular weight excluding hydrogens is 277 g/mol. The second-order valence-electron chi connectivity index (χ2n) is 6.58. The van der Waals surface area contributed by atoms with Crippen LogP contribution in [0.2, 0.25) is 0 Å². The topological polar surface area (TPSA) is 0 Å². The van der Waals surface area contributed by atoms with Crippen molar-refractivity contribution < 1.29 is 2.85 Å². The van der Waals surface area contributed by atoms with Crippen LogP contribution in [0.1, 0.15) is 89.3 Å². The van der Waals surface area contributed by atoms with Crippen LogP contribution in [-0.4, -0.2) is 46.1 Å². The van der Waals surface area contributed by atoms with E-state index in [0.717, 1.165) is 23.7 Å². The van der Waals surface area contributed by atoms with Gasteiger partial charge in [0.25, 0.3) is 0 Å². The zero-order chi connectivity index (χ0) is 12.0. The van der Waals surface area contributed by atoms with Gasteiger partial charge in [-0.2, -0.15) is 0 Å². The molecule has 2 heteroatoms. The van der Waals surface area contributed by atoms with Gasteiger partial charge in [-0.3, -0.25) is 0 Å². The van der Waals surface area contributed by atoms with Gasteiger partial charge in [0.15, 0.2) is 0 Å². The zero-order valence-electron chi connectivity index (χ0n) is 17.4. The Labute approximate surface area is 173 Å². The Balaban J connectivity index is -0.0000000341. The Morgan fingerprint density at radius 3 is 0.905 bits per heavy atom. The fourth-order valence-electron chi connectivity index (χ4n) is 3.25. The van der Waals surface area contributed by atoms with Crippen LogP contribution < -0.4 is 0 Å². The van der Waals surface area contributed by atoms with Crippen LogP contribution in [0.15, 0.2) is 0 Å². The molecule has 2 aliphatic rings. The van der Waals surface area contributed by atoms with Crippen molar-refractivity contribution in [3.8, 4) is 0 Å². The Bertz CT molecular complexity index is 156. The molecule has 2 saturated carbocycles. The molecule has 0 aromatic rings. The summed E-state index contributed by atoms with van der Waals surface area (Å²) in [5, 5.41) is 0. The summed E-state index contributed by atoms with van der Waals surface area (Å²) in [6.07, 6.45) is 11.9. The Morgan fingerprint density at radius 2 is 0.810 bits per heavy atom. The largest absolute Gasteiger partial charge is 2.00 e. The van der Waals surface area contributed by atoms with Gasteiger partial charge in [-0.15, -0.1) is 0 Å². The second-order valence-corrected chi connectivity index (χ2v) is 6.58. The van der Waals surface area contributed by atoms with E-state index in [4.69, 9.17) is 0 Å². The van der Waals surface area contributed by atoms with Crippen LogP contribution >= 0.6 is 0 Å². The quantitative estimate of drug-likeness (QED) is 0.394. The first-order chi connectivity index (χ1) is 7.61. The SMILES string of the molecule is C.CC(C)C1CCCC1.CC(C)C1CCCC1.[CH3-].[CH3-].[H-].[H-].[Mg+2].[Mg+2]. The molecule has 0 bridgehead atoms. The van der Waals surface area contributed by atoms with Gasteiger partial charge in [-0.25, -0.2) is 0 Å². The van der Waals surface area contributed by atoms with E-state index in [9.17, 15) is 0 Å². The molecule has 0 atom stereocenters. The first-order valence-corrected chi connectivity index (χ1v) is 7.61. The predicted octanol–water partition coefficient (Wildman–Crippen LogP) is 6.67. The van der Waals surface area contributed by atoms with Crippen molar-refractivity contribution in [1.82, 2.24) is 0 Å². The summed E-state index contributed by atoms with van der Waals surface area (Å²) in [5.74, 6) is 4.01. The van der Waals surface area contributed by atoms with Crippen molar-refractivity contribution in [3.05, 3.63) is 14.9 Å². The van der Waals surface area contributed by atoms with Crippen molar-refractivity contribution in [2.24, 2.45) is 23.7 Å². The van der Waals surface area contributed by atoms with Gasteiger partial charge in [0.05, 0.1) is 0 Å². The van der Waals surface area contributed by atoms with Crippen LogP contribution in [0.25, 0.3) is 0 Å². The van der Waals surface area contributed by atoms with E-state index in [1.165, 1.54) is 51.4 Å². The first-order valence-electron chi connectivity index (χ1n) is 7.61. The van der Waals surface area contributed by atoms with Gasteiger partial charge in [0.1, 0.15) is 0 Å². The normalized spacial score (nSPS) is 17.4. The molecule has 0 spiro atoms. The van der Waals surface area contributed by atoms with E-state index in [2.05, 4.69) is 27.7 Å². The van der Waals surface area contributed by atoms with E-state index in [0.29, 0.717) is 0 Å². The fourth-order valence-corrected chi connectivity index (χ4v) is 3.25. The molecule has 2 aliphatic carbocycles. The van der Waals surface area contributed by atoms with Gasteiger partial charge in [0, 0.05) is 0 Å². The Kier molecular flexibility index (Phi) is 31.7. The van der Waals surface area contributed by atoms with Crippen LogP contribution in [0, 0.1) is 38.5 Å². The Hall–Kier alpha value is 1.53. The second kappa shape index (κ2) is 19.6. The van der Waals surface area contributed by atoms with Crippen molar-refractivity contribution >= 4 is 46.1 Å². The number of hydrogen-bond acceptors (Lipinski definition) is 0. The van der Waals surface area contributed by atoms with E-state index < -0.39 is 0 Å². The maximum absolute atomic E-state index is 2.34. The van der Waals surface area contributed by atoms with Gasteiger partial charge in [-0.05, 0) is 23.7 Å².